The first-order chi connectivity index (χ1) is 13.1. The number of hydrogen-bond donors (Lipinski definition) is 0. The van der Waals surface area contributed by atoms with Crippen LogP contribution >= 0.6 is 0 Å². The van der Waals surface area contributed by atoms with Gasteiger partial charge in [-0.15, -0.1) is 0 Å². The SMILES string of the molecule is CCCCCCCC.CCOCCOc1ccc(C)cc1.COC.COC. The molecular weight excluding hydrogens is 340 g/mol. The van der Waals surface area contributed by atoms with E-state index >= 15 is 0 Å². The Kier molecular flexibility index (Phi) is 33.6. The van der Waals surface area contributed by atoms with Crippen molar-refractivity contribution in [1.29, 1.82) is 0 Å². The van der Waals surface area contributed by atoms with Crippen molar-refractivity contribution < 1.29 is 18.9 Å². The van der Waals surface area contributed by atoms with E-state index < -0.39 is 0 Å². The Labute approximate surface area is 169 Å². The van der Waals surface area contributed by atoms with Crippen LogP contribution in [0.4, 0.5) is 0 Å². The third-order valence-electron chi connectivity index (χ3n) is 3.18. The highest BCUT2D eigenvalue weighted by atomic mass is 16.5. The molecule has 0 fully saturated rings. The Bertz CT molecular complexity index is 331. The fourth-order valence-electron chi connectivity index (χ4n) is 1.85. The maximum absolute atomic E-state index is 5.44. The summed E-state index contributed by atoms with van der Waals surface area (Å²) in [6.07, 6.45) is 8.49. The van der Waals surface area contributed by atoms with Gasteiger partial charge in [0.2, 0.25) is 0 Å². The maximum Gasteiger partial charge on any atom is 0.119 e. The van der Waals surface area contributed by atoms with Crippen LogP contribution in [0.3, 0.4) is 0 Å². The zero-order valence-corrected chi connectivity index (χ0v) is 19.3. The van der Waals surface area contributed by atoms with Crippen molar-refractivity contribution >= 4 is 0 Å². The fraction of sp³-hybridized carbons (Fsp3) is 0.739. The van der Waals surface area contributed by atoms with E-state index in [0.717, 1.165) is 12.4 Å². The Morgan fingerprint density at radius 1 is 0.667 bits per heavy atom. The molecule has 0 aliphatic carbocycles. The predicted octanol–water partition coefficient (Wildman–Crippen LogP) is 6.30. The molecule has 0 radical (unpaired) electrons. The molecule has 0 aliphatic rings. The van der Waals surface area contributed by atoms with E-state index in [4.69, 9.17) is 9.47 Å². The van der Waals surface area contributed by atoms with Crippen molar-refractivity contribution in [3.8, 4) is 5.75 Å². The number of unbranched alkanes of at least 4 members (excludes halogenated alkanes) is 5. The molecule has 27 heavy (non-hydrogen) atoms. The zero-order chi connectivity index (χ0) is 21.2. The molecule has 0 saturated carbocycles. The molecule has 0 amide bonds. The molecule has 0 spiro atoms. The highest BCUT2D eigenvalue weighted by Crippen LogP contribution is 2.10. The minimum absolute atomic E-state index is 0.622. The van der Waals surface area contributed by atoms with Gasteiger partial charge in [0.05, 0.1) is 6.61 Å². The average Bonchev–Trinajstić information content (AvgIpc) is 2.66. The van der Waals surface area contributed by atoms with Gasteiger partial charge in [-0.1, -0.05) is 70.1 Å². The van der Waals surface area contributed by atoms with E-state index in [1.165, 1.54) is 44.1 Å². The van der Waals surface area contributed by atoms with Crippen LogP contribution in [0.2, 0.25) is 0 Å². The van der Waals surface area contributed by atoms with Crippen molar-refractivity contribution in [2.24, 2.45) is 0 Å². The second kappa shape index (κ2) is 29.7. The zero-order valence-electron chi connectivity index (χ0n) is 19.3. The number of methoxy groups -OCH3 is 2. The van der Waals surface area contributed by atoms with Crippen LogP contribution < -0.4 is 4.74 Å². The van der Waals surface area contributed by atoms with Crippen LogP contribution in [0.25, 0.3) is 0 Å². The molecule has 1 rings (SSSR count). The van der Waals surface area contributed by atoms with Gasteiger partial charge in [0.1, 0.15) is 12.4 Å². The van der Waals surface area contributed by atoms with Gasteiger partial charge in [-0.3, -0.25) is 0 Å². The molecule has 1 aromatic carbocycles. The van der Waals surface area contributed by atoms with Gasteiger partial charge in [0.15, 0.2) is 0 Å². The Morgan fingerprint density at radius 2 is 1.11 bits per heavy atom. The first-order valence-electron chi connectivity index (χ1n) is 10.1. The molecule has 0 unspecified atom stereocenters. The minimum Gasteiger partial charge on any atom is -0.491 e. The normalized spacial score (nSPS) is 9.04. The summed E-state index contributed by atoms with van der Waals surface area (Å²) in [7, 11) is 6.50. The van der Waals surface area contributed by atoms with Crippen LogP contribution in [0.5, 0.6) is 5.75 Å². The van der Waals surface area contributed by atoms with Gasteiger partial charge >= 0.3 is 0 Å². The monoisotopic (exact) mass is 386 g/mol. The summed E-state index contributed by atoms with van der Waals surface area (Å²) >= 11 is 0. The first-order valence-corrected chi connectivity index (χ1v) is 10.1. The number of aryl methyl sites for hydroxylation is 1. The number of hydrogen-bond acceptors (Lipinski definition) is 4. The quantitative estimate of drug-likeness (QED) is 0.442. The van der Waals surface area contributed by atoms with E-state index in [0.29, 0.717) is 13.2 Å². The Hall–Kier alpha value is -1.10. The van der Waals surface area contributed by atoms with Gasteiger partial charge in [0, 0.05) is 35.0 Å². The van der Waals surface area contributed by atoms with E-state index in [9.17, 15) is 0 Å². The van der Waals surface area contributed by atoms with E-state index in [1.807, 2.05) is 31.2 Å². The number of rotatable bonds is 10. The number of ether oxygens (including phenoxy) is 4. The van der Waals surface area contributed by atoms with Crippen molar-refractivity contribution in [1.82, 2.24) is 0 Å². The van der Waals surface area contributed by atoms with Crippen molar-refractivity contribution in [3.05, 3.63) is 29.8 Å². The van der Waals surface area contributed by atoms with Crippen LogP contribution in [-0.4, -0.2) is 48.3 Å². The molecule has 0 aliphatic heterocycles. The van der Waals surface area contributed by atoms with Gasteiger partial charge in [-0.2, -0.15) is 0 Å². The molecule has 1 aromatic rings. The summed E-state index contributed by atoms with van der Waals surface area (Å²) in [5.41, 5.74) is 1.25. The van der Waals surface area contributed by atoms with Crippen molar-refractivity contribution in [3.63, 3.8) is 0 Å². The summed E-state index contributed by atoms with van der Waals surface area (Å²) in [5, 5.41) is 0. The standard InChI is InChI=1S/C11H16O2.C8H18.2C2H6O/c1-3-12-8-9-13-11-6-4-10(2)5-7-11;1-3-5-7-8-6-4-2;2*1-3-2/h4-7H,3,8-9H2,1-2H3;3-8H2,1-2H3;2*1-2H3. The average molecular weight is 387 g/mol. The minimum atomic E-state index is 0.622. The van der Waals surface area contributed by atoms with Gasteiger partial charge < -0.3 is 18.9 Å². The molecule has 0 saturated heterocycles. The maximum atomic E-state index is 5.44. The molecular formula is C23H46O4. The summed E-state index contributed by atoms with van der Waals surface area (Å²) in [4.78, 5) is 0. The summed E-state index contributed by atoms with van der Waals surface area (Å²) in [6.45, 7) is 10.6. The van der Waals surface area contributed by atoms with Gasteiger partial charge in [-0.05, 0) is 26.0 Å². The molecule has 0 bridgehead atoms. The summed E-state index contributed by atoms with van der Waals surface area (Å²) in [5.74, 6) is 0.908. The lowest BCUT2D eigenvalue weighted by Crippen LogP contribution is -2.06. The van der Waals surface area contributed by atoms with E-state index in [-0.39, 0.29) is 0 Å². The van der Waals surface area contributed by atoms with Crippen LogP contribution in [0.1, 0.15) is 64.9 Å². The molecule has 4 nitrogen and oxygen atoms in total. The Balaban J connectivity index is -0.000000351. The van der Waals surface area contributed by atoms with Crippen LogP contribution in [0, 0.1) is 6.92 Å². The lowest BCUT2D eigenvalue weighted by molar-refractivity contribution is 0.110. The topological polar surface area (TPSA) is 36.9 Å². The molecule has 0 N–H and O–H groups in total. The molecule has 0 heterocycles. The lowest BCUT2D eigenvalue weighted by atomic mass is 10.1. The fourth-order valence-corrected chi connectivity index (χ4v) is 1.85. The second-order valence-electron chi connectivity index (χ2n) is 6.09. The molecule has 4 heteroatoms. The van der Waals surface area contributed by atoms with E-state index in [2.05, 4.69) is 30.2 Å². The van der Waals surface area contributed by atoms with Crippen molar-refractivity contribution in [2.75, 3.05) is 48.3 Å². The van der Waals surface area contributed by atoms with Gasteiger partial charge in [-0.25, -0.2) is 0 Å². The first kappa shape index (κ1) is 30.6. The molecule has 162 valence electrons. The molecule has 0 aromatic heterocycles. The smallest absolute Gasteiger partial charge is 0.119 e. The largest absolute Gasteiger partial charge is 0.491 e. The van der Waals surface area contributed by atoms with Crippen molar-refractivity contribution in [2.45, 2.75) is 66.2 Å². The lowest BCUT2D eigenvalue weighted by Gasteiger charge is -2.05. The summed E-state index contributed by atoms with van der Waals surface area (Å²) < 4.78 is 19.1. The van der Waals surface area contributed by atoms with Crippen LogP contribution in [0.15, 0.2) is 24.3 Å². The second-order valence-corrected chi connectivity index (χ2v) is 6.09. The highest BCUT2D eigenvalue weighted by molar-refractivity contribution is 5.26. The van der Waals surface area contributed by atoms with E-state index in [1.54, 1.807) is 28.4 Å². The van der Waals surface area contributed by atoms with Crippen LogP contribution in [-0.2, 0) is 14.2 Å². The third-order valence-corrected chi connectivity index (χ3v) is 3.18. The predicted molar refractivity (Wildman–Crippen MR) is 118 cm³/mol. The Morgan fingerprint density at radius 3 is 1.48 bits per heavy atom. The summed E-state index contributed by atoms with van der Waals surface area (Å²) in [6, 6.07) is 8.02. The number of benzene rings is 1. The van der Waals surface area contributed by atoms with Gasteiger partial charge in [0.25, 0.3) is 0 Å². The highest BCUT2D eigenvalue weighted by Gasteiger charge is 1.92. The third kappa shape index (κ3) is 33.0. The molecule has 0 atom stereocenters.